The van der Waals surface area contributed by atoms with E-state index in [1.54, 1.807) is 6.92 Å². The molecular weight excluding hydrogens is 297 g/mol. The summed E-state index contributed by atoms with van der Waals surface area (Å²) in [4.78, 5) is 12.6. The zero-order valence-corrected chi connectivity index (χ0v) is 12.6. The van der Waals surface area contributed by atoms with Crippen LogP contribution in [-0.2, 0) is 6.18 Å². The van der Waals surface area contributed by atoms with E-state index in [0.717, 1.165) is 37.8 Å². The summed E-state index contributed by atoms with van der Waals surface area (Å²) in [6.45, 7) is 1.71. The van der Waals surface area contributed by atoms with Gasteiger partial charge >= 0.3 is 6.18 Å². The number of carbonyl (C=O) groups is 1. The zero-order valence-electron chi connectivity index (χ0n) is 11.7. The van der Waals surface area contributed by atoms with Gasteiger partial charge in [0.15, 0.2) is 5.78 Å². The summed E-state index contributed by atoms with van der Waals surface area (Å²) in [6, 6.07) is 3.48. The number of ketones is 1. The van der Waals surface area contributed by atoms with E-state index in [0.29, 0.717) is 16.1 Å². The number of benzene rings is 1. The van der Waals surface area contributed by atoms with Gasteiger partial charge in [0, 0.05) is 22.0 Å². The highest BCUT2D eigenvalue weighted by molar-refractivity contribution is 8.00. The molecule has 0 spiro atoms. The van der Waals surface area contributed by atoms with E-state index in [-0.39, 0.29) is 17.3 Å². The van der Waals surface area contributed by atoms with E-state index in [9.17, 15) is 18.0 Å². The third kappa shape index (κ3) is 2.98. The van der Waals surface area contributed by atoms with Crippen molar-refractivity contribution in [2.75, 3.05) is 0 Å². The molecule has 0 aliphatic carbocycles. The molecule has 2 bridgehead atoms. The number of alkyl halides is 3. The Bertz CT molecular complexity index is 555. The highest BCUT2D eigenvalue weighted by Gasteiger charge is 2.39. The smallest absolute Gasteiger partial charge is 0.294 e. The van der Waals surface area contributed by atoms with Crippen molar-refractivity contribution in [1.29, 1.82) is 0 Å². The summed E-state index contributed by atoms with van der Waals surface area (Å²) in [5.74, 6) is -0.207. The molecule has 1 aromatic carbocycles. The first-order valence-electron chi connectivity index (χ1n) is 7.22. The molecule has 21 heavy (non-hydrogen) atoms. The van der Waals surface area contributed by atoms with Gasteiger partial charge in [0.2, 0.25) is 0 Å². The Morgan fingerprint density at radius 2 is 1.81 bits per heavy atom. The summed E-state index contributed by atoms with van der Waals surface area (Å²) < 4.78 is 38.5. The first kappa shape index (κ1) is 14.9. The molecule has 0 amide bonds. The van der Waals surface area contributed by atoms with E-state index in [1.165, 1.54) is 6.07 Å². The third-order valence-corrected chi connectivity index (χ3v) is 6.12. The van der Waals surface area contributed by atoms with Crippen LogP contribution in [0.15, 0.2) is 18.2 Å². The Morgan fingerprint density at radius 3 is 2.38 bits per heavy atom. The molecule has 1 aromatic rings. The minimum Gasteiger partial charge on any atom is -0.294 e. The largest absolute Gasteiger partial charge is 0.416 e. The highest BCUT2D eigenvalue weighted by Crippen LogP contribution is 2.46. The average Bonchev–Trinajstić information content (AvgIpc) is 2.76. The van der Waals surface area contributed by atoms with Gasteiger partial charge in [-0.2, -0.15) is 24.9 Å². The van der Waals surface area contributed by atoms with Gasteiger partial charge in [-0.25, -0.2) is 0 Å². The number of aryl methyl sites for hydroxylation is 1. The maximum atomic E-state index is 12.8. The average molecular weight is 314 g/mol. The molecule has 2 heterocycles. The van der Waals surface area contributed by atoms with E-state index in [2.05, 4.69) is 0 Å². The molecule has 2 unspecified atom stereocenters. The molecule has 0 saturated carbocycles. The summed E-state index contributed by atoms with van der Waals surface area (Å²) >= 11 is 1.95. The molecule has 114 valence electrons. The second kappa shape index (κ2) is 5.34. The maximum Gasteiger partial charge on any atom is 0.416 e. The highest BCUT2D eigenvalue weighted by atomic mass is 32.2. The van der Waals surface area contributed by atoms with Gasteiger partial charge in [-0.1, -0.05) is 6.07 Å². The van der Waals surface area contributed by atoms with Crippen molar-refractivity contribution in [2.24, 2.45) is 5.92 Å². The van der Waals surface area contributed by atoms with Gasteiger partial charge in [0.05, 0.1) is 5.56 Å². The molecule has 3 rings (SSSR count). The van der Waals surface area contributed by atoms with Crippen LogP contribution in [0, 0.1) is 12.8 Å². The lowest BCUT2D eigenvalue weighted by Crippen LogP contribution is -2.25. The van der Waals surface area contributed by atoms with Crippen LogP contribution in [0.1, 0.15) is 47.2 Å². The fourth-order valence-corrected chi connectivity index (χ4v) is 5.13. The first-order valence-corrected chi connectivity index (χ1v) is 8.16. The zero-order chi connectivity index (χ0) is 15.2. The van der Waals surface area contributed by atoms with Gasteiger partial charge in [0.25, 0.3) is 0 Å². The lowest BCUT2D eigenvalue weighted by Gasteiger charge is -2.27. The van der Waals surface area contributed by atoms with Crippen molar-refractivity contribution in [2.45, 2.75) is 49.3 Å². The Morgan fingerprint density at radius 1 is 1.19 bits per heavy atom. The van der Waals surface area contributed by atoms with E-state index < -0.39 is 11.7 Å². The second-order valence-corrected chi connectivity index (χ2v) is 7.62. The van der Waals surface area contributed by atoms with Crippen LogP contribution in [-0.4, -0.2) is 16.3 Å². The van der Waals surface area contributed by atoms with Gasteiger partial charge < -0.3 is 0 Å². The summed E-state index contributed by atoms with van der Waals surface area (Å²) in [5.41, 5.74) is 0.157. The van der Waals surface area contributed by atoms with Crippen molar-refractivity contribution >= 4 is 17.5 Å². The lowest BCUT2D eigenvalue weighted by molar-refractivity contribution is -0.137. The molecule has 0 aromatic heterocycles. The van der Waals surface area contributed by atoms with Crippen LogP contribution in [0.25, 0.3) is 0 Å². The Hall–Kier alpha value is -0.970. The quantitative estimate of drug-likeness (QED) is 0.724. The topological polar surface area (TPSA) is 17.1 Å². The van der Waals surface area contributed by atoms with E-state index in [4.69, 9.17) is 0 Å². The van der Waals surface area contributed by atoms with Gasteiger partial charge in [-0.15, -0.1) is 0 Å². The Labute approximate surface area is 126 Å². The molecule has 0 radical (unpaired) electrons. The van der Waals surface area contributed by atoms with Crippen LogP contribution in [0.4, 0.5) is 13.2 Å². The number of hydrogen-bond donors (Lipinski definition) is 0. The minimum absolute atomic E-state index is 0.101. The van der Waals surface area contributed by atoms with Crippen molar-refractivity contribution in [3.63, 3.8) is 0 Å². The van der Waals surface area contributed by atoms with Crippen LogP contribution in [0.2, 0.25) is 0 Å². The second-order valence-electron chi connectivity index (χ2n) is 6.02. The molecule has 2 fully saturated rings. The SMILES string of the molecule is Cc1ccc(C(F)(F)F)cc1C(=O)C1CC2CCC(C1)S2. The molecular formula is C16H17F3OS. The fraction of sp³-hybridized carbons (Fsp3) is 0.562. The van der Waals surface area contributed by atoms with E-state index >= 15 is 0 Å². The Balaban J connectivity index is 1.87. The standard InChI is InChI=1S/C16H17F3OS/c1-9-2-3-11(16(17,18)19)8-14(9)15(20)10-6-12-4-5-13(7-10)21-12/h2-3,8,10,12-13H,4-7H2,1H3. The van der Waals surface area contributed by atoms with Crippen LogP contribution in [0.5, 0.6) is 0 Å². The lowest BCUT2D eigenvalue weighted by atomic mass is 9.88. The monoisotopic (exact) mass is 314 g/mol. The van der Waals surface area contributed by atoms with Crippen LogP contribution >= 0.6 is 11.8 Å². The predicted octanol–water partition coefficient (Wildman–Crippen LogP) is 4.87. The third-order valence-electron chi connectivity index (χ3n) is 4.49. The van der Waals surface area contributed by atoms with Gasteiger partial charge in [-0.3, -0.25) is 4.79 Å². The van der Waals surface area contributed by atoms with Crippen LogP contribution < -0.4 is 0 Å². The molecule has 1 nitrogen and oxygen atoms in total. The predicted molar refractivity (Wildman–Crippen MR) is 77.6 cm³/mol. The number of thioether (sulfide) groups is 1. The fourth-order valence-electron chi connectivity index (χ4n) is 3.36. The maximum absolute atomic E-state index is 12.8. The first-order chi connectivity index (χ1) is 9.84. The summed E-state index contributed by atoms with van der Waals surface area (Å²) in [5, 5.41) is 1.03. The van der Waals surface area contributed by atoms with Crippen molar-refractivity contribution in [1.82, 2.24) is 0 Å². The number of rotatable bonds is 2. The van der Waals surface area contributed by atoms with E-state index in [1.807, 2.05) is 11.8 Å². The summed E-state index contributed by atoms with van der Waals surface area (Å²) in [7, 11) is 0. The molecule has 0 N–H and O–H groups in total. The Kier molecular flexibility index (Phi) is 3.80. The molecule has 2 saturated heterocycles. The summed E-state index contributed by atoms with van der Waals surface area (Å²) in [6.07, 6.45) is -0.489. The van der Waals surface area contributed by atoms with Crippen molar-refractivity contribution < 1.29 is 18.0 Å². The number of halogens is 3. The van der Waals surface area contributed by atoms with Crippen molar-refractivity contribution in [3.8, 4) is 0 Å². The number of carbonyl (C=O) groups excluding carboxylic acids is 1. The molecule has 5 heteroatoms. The molecule has 2 atom stereocenters. The molecule has 2 aliphatic rings. The van der Waals surface area contributed by atoms with Gasteiger partial charge in [-0.05, 0) is 50.3 Å². The normalized spacial score (nSPS) is 28.7. The van der Waals surface area contributed by atoms with Crippen LogP contribution in [0.3, 0.4) is 0 Å². The minimum atomic E-state index is -4.40. The number of Topliss-reactive ketones (excluding diaryl/α,β-unsaturated/α-hetero) is 1. The number of fused-ring (bicyclic) bond motifs is 2. The molecule has 2 aliphatic heterocycles. The van der Waals surface area contributed by atoms with Gasteiger partial charge in [0.1, 0.15) is 0 Å². The number of hydrogen-bond acceptors (Lipinski definition) is 2. The van der Waals surface area contributed by atoms with Crippen molar-refractivity contribution in [3.05, 3.63) is 34.9 Å².